The number of hydrogen-bond acceptors (Lipinski definition) is 1. The van der Waals surface area contributed by atoms with E-state index in [0.29, 0.717) is 21.7 Å². The topological polar surface area (TPSA) is 112 Å². The molecule has 0 rings (SSSR count). The van der Waals surface area contributed by atoms with E-state index in [-0.39, 0.29) is 16.4 Å². The van der Waals surface area contributed by atoms with Gasteiger partial charge in [-0.15, -0.1) is 0 Å². The van der Waals surface area contributed by atoms with Gasteiger partial charge in [-0.25, -0.2) is 0 Å². The van der Waals surface area contributed by atoms with Crippen LogP contribution in [0.1, 0.15) is 0 Å². The van der Waals surface area contributed by atoms with E-state index in [1.165, 1.54) is 0 Å². The Bertz CT molecular complexity index is 3.61. The molecule has 0 saturated carbocycles. The molecule has 0 amide bonds. The van der Waals surface area contributed by atoms with E-state index in [2.05, 4.69) is 0 Å². The molecule has 0 spiro atoms. The van der Waals surface area contributed by atoms with Gasteiger partial charge in [-0.05, 0) is 0 Å². The van der Waals surface area contributed by atoms with Crippen LogP contribution in [-0.4, -0.2) is 38.1 Å². The Morgan fingerprint density at radius 1 is 0.800 bits per heavy atom. The van der Waals surface area contributed by atoms with Gasteiger partial charge in [-0.3, -0.25) is 0 Å². The molecular formula is H6MgO4. The summed E-state index contributed by atoms with van der Waals surface area (Å²) >= 11 is 0.611. The van der Waals surface area contributed by atoms with Crippen LogP contribution in [0.15, 0.2) is 0 Å². The van der Waals surface area contributed by atoms with Crippen LogP contribution in [0.5, 0.6) is 0 Å². The molecule has 4 nitrogen and oxygen atoms in total. The van der Waals surface area contributed by atoms with Gasteiger partial charge in [-0.2, -0.15) is 0 Å². The van der Waals surface area contributed by atoms with E-state index in [9.17, 15) is 0 Å². The fourth-order valence-corrected chi connectivity index (χ4v) is 0. The zero-order valence-electron chi connectivity index (χ0n) is 2.62. The molecule has 0 heterocycles. The molecule has 0 radical (unpaired) electrons. The first-order chi connectivity index (χ1) is 1.00. The van der Waals surface area contributed by atoms with Crippen molar-refractivity contribution in [3.05, 3.63) is 0 Å². The Kier molecular flexibility index (Phi) is 2730. The van der Waals surface area contributed by atoms with Crippen molar-refractivity contribution in [1.82, 2.24) is 0 Å². The Labute approximate surface area is 41.9 Å². The van der Waals surface area contributed by atoms with Gasteiger partial charge in [0.15, 0.2) is 0 Å². The number of hydrogen-bond donors (Lipinski definition) is 0. The van der Waals surface area contributed by atoms with Crippen LogP contribution >= 0.6 is 0 Å². The van der Waals surface area contributed by atoms with Crippen molar-refractivity contribution in [3.8, 4) is 0 Å². The van der Waals surface area contributed by atoms with Gasteiger partial charge in [0.1, 0.15) is 0 Å². The molecule has 5 heteroatoms. The summed E-state index contributed by atoms with van der Waals surface area (Å²) in [6.45, 7) is 0. The molecule has 32 valence electrons. The third kappa shape index (κ3) is 134. The molecule has 0 atom stereocenters. The molecule has 0 unspecified atom stereocenters. The van der Waals surface area contributed by atoms with Gasteiger partial charge in [0.25, 0.3) is 0 Å². The van der Waals surface area contributed by atoms with Crippen LogP contribution in [0.4, 0.5) is 0 Å². The normalized spacial score (nSPS) is 1.20. The first-order valence-corrected chi connectivity index (χ1v) is 0.866. The van der Waals surface area contributed by atoms with Crippen molar-refractivity contribution in [1.29, 1.82) is 0 Å². The predicted molar refractivity (Wildman–Crippen MR) is 17.3 cm³/mol. The van der Waals surface area contributed by atoms with E-state index in [1.807, 2.05) is 0 Å². The van der Waals surface area contributed by atoms with Crippen LogP contribution in [0, 0.1) is 0 Å². The standard InChI is InChI=1S/Mg.3H2O.O/h;3*1H2;. The SMILES string of the molecule is O.O.O.[O]=[Mg]. The van der Waals surface area contributed by atoms with Crippen molar-refractivity contribution in [2.24, 2.45) is 0 Å². The molecule has 6 N–H and O–H groups in total. The quantitative estimate of drug-likeness (QED) is 0.293. The average Bonchev–Trinajstić information content (AvgIpc) is 1.00. The van der Waals surface area contributed by atoms with Crippen LogP contribution in [0.25, 0.3) is 0 Å². The molecule has 5 heavy (non-hydrogen) atoms. The first-order valence-electron chi connectivity index (χ1n) is 0.289. The second kappa shape index (κ2) is 265. The van der Waals surface area contributed by atoms with Crippen molar-refractivity contribution >= 4 is 21.7 Å². The molecule has 0 aromatic rings. The van der Waals surface area contributed by atoms with Gasteiger partial charge in [0.2, 0.25) is 0 Å². The Morgan fingerprint density at radius 2 is 0.800 bits per heavy atom. The summed E-state index contributed by atoms with van der Waals surface area (Å²) in [5.41, 5.74) is 0. The first kappa shape index (κ1) is 51.5. The Morgan fingerprint density at radius 3 is 0.800 bits per heavy atom. The van der Waals surface area contributed by atoms with E-state index in [0.717, 1.165) is 0 Å². The van der Waals surface area contributed by atoms with Crippen LogP contribution in [-0.2, 0) is 3.17 Å². The Balaban J connectivity index is -0.00000000167. The maximum absolute atomic E-state index is 8.28. The molecule has 0 saturated heterocycles. The average molecular weight is 94.3 g/mol. The summed E-state index contributed by atoms with van der Waals surface area (Å²) in [5.74, 6) is 0. The summed E-state index contributed by atoms with van der Waals surface area (Å²) in [6.07, 6.45) is 0. The second-order valence-corrected chi connectivity index (χ2v) is 0. The zero-order chi connectivity index (χ0) is 2.00. The fraction of sp³-hybridized carbons (Fsp3) is 0. The zero-order valence-corrected chi connectivity index (χ0v) is 4.03. The van der Waals surface area contributed by atoms with Crippen LogP contribution in [0.3, 0.4) is 0 Å². The summed E-state index contributed by atoms with van der Waals surface area (Å²) in [7, 11) is 0. The second-order valence-electron chi connectivity index (χ2n) is 0. The van der Waals surface area contributed by atoms with E-state index < -0.39 is 0 Å². The molecule has 0 bridgehead atoms. The van der Waals surface area contributed by atoms with Crippen molar-refractivity contribution in [3.63, 3.8) is 0 Å². The Hall–Kier alpha value is 0.446. The van der Waals surface area contributed by atoms with Gasteiger partial charge >= 0.3 is 24.9 Å². The van der Waals surface area contributed by atoms with Gasteiger partial charge in [0.05, 0.1) is 0 Å². The molecule has 0 fully saturated rings. The predicted octanol–water partition coefficient (Wildman–Crippen LogP) is -2.97. The molecular weight excluding hydrogens is 88.3 g/mol. The van der Waals surface area contributed by atoms with Crippen LogP contribution < -0.4 is 0 Å². The molecule has 0 aromatic heterocycles. The monoisotopic (exact) mass is 94.0 g/mol. The van der Waals surface area contributed by atoms with E-state index in [4.69, 9.17) is 3.17 Å². The summed E-state index contributed by atoms with van der Waals surface area (Å²) in [5, 5.41) is 0. The number of rotatable bonds is 0. The van der Waals surface area contributed by atoms with Gasteiger partial charge in [0, 0.05) is 0 Å². The van der Waals surface area contributed by atoms with Crippen molar-refractivity contribution in [2.75, 3.05) is 0 Å². The molecule has 0 aliphatic rings. The van der Waals surface area contributed by atoms with E-state index >= 15 is 0 Å². The maximum atomic E-state index is 8.28. The third-order valence-corrected chi connectivity index (χ3v) is 0. The summed E-state index contributed by atoms with van der Waals surface area (Å²) < 4.78 is 8.28. The molecule has 0 aliphatic carbocycles. The molecule has 0 aliphatic heterocycles. The summed E-state index contributed by atoms with van der Waals surface area (Å²) in [6, 6.07) is 0. The van der Waals surface area contributed by atoms with E-state index in [1.54, 1.807) is 0 Å². The van der Waals surface area contributed by atoms with Gasteiger partial charge in [-0.1, -0.05) is 0 Å². The van der Waals surface area contributed by atoms with Crippen molar-refractivity contribution < 1.29 is 19.6 Å². The minimum atomic E-state index is 0. The van der Waals surface area contributed by atoms with Crippen LogP contribution in [0.2, 0.25) is 0 Å². The third-order valence-electron chi connectivity index (χ3n) is 0. The molecule has 0 aromatic carbocycles. The van der Waals surface area contributed by atoms with Gasteiger partial charge < -0.3 is 16.4 Å². The fourth-order valence-electron chi connectivity index (χ4n) is 0. The minimum absolute atomic E-state index is 0. The summed E-state index contributed by atoms with van der Waals surface area (Å²) in [4.78, 5) is 0. The van der Waals surface area contributed by atoms with Crippen molar-refractivity contribution in [2.45, 2.75) is 0 Å².